The first-order valence-corrected chi connectivity index (χ1v) is 8.71. The number of halogens is 1. The first-order valence-electron chi connectivity index (χ1n) is 7.63. The lowest BCUT2D eigenvalue weighted by atomic mass is 10.1. The number of aryl methyl sites for hydroxylation is 1. The van der Waals surface area contributed by atoms with E-state index < -0.39 is 5.60 Å². The molecule has 0 radical (unpaired) electrons. The van der Waals surface area contributed by atoms with Crippen LogP contribution in [0.3, 0.4) is 0 Å². The molecule has 0 bridgehead atoms. The molecule has 2 N–H and O–H groups in total. The Kier molecular flexibility index (Phi) is 5.53. The highest BCUT2D eigenvalue weighted by molar-refractivity contribution is 14.1. The second-order valence-corrected chi connectivity index (χ2v) is 7.67. The fraction of sp³-hybridized carbons (Fsp3) is 0.667. The summed E-state index contributed by atoms with van der Waals surface area (Å²) in [6.45, 7) is 8.62. The molecule has 8 heteroatoms. The Morgan fingerprint density at radius 3 is 2.52 bits per heavy atom. The molecule has 23 heavy (non-hydrogen) atoms. The molecule has 0 aliphatic carbocycles. The minimum absolute atomic E-state index is 0.0748. The third kappa shape index (κ3) is 5.08. The van der Waals surface area contributed by atoms with Crippen molar-refractivity contribution in [3.05, 3.63) is 9.53 Å². The molecule has 7 nitrogen and oxygen atoms in total. The van der Waals surface area contributed by atoms with Crippen molar-refractivity contribution in [3.8, 4) is 5.75 Å². The van der Waals surface area contributed by atoms with Gasteiger partial charge in [-0.05, 0) is 63.1 Å². The molecule has 2 rings (SSSR count). The van der Waals surface area contributed by atoms with Gasteiger partial charge in [0.25, 0.3) is 0 Å². The number of nitrogens with one attached hydrogen (secondary N) is 1. The zero-order chi connectivity index (χ0) is 17.2. The first-order chi connectivity index (χ1) is 10.7. The van der Waals surface area contributed by atoms with Crippen LogP contribution >= 0.6 is 22.6 Å². The lowest BCUT2D eigenvalue weighted by molar-refractivity contribution is 0.0210. The second-order valence-electron chi connectivity index (χ2n) is 6.64. The molecule has 1 aromatic heterocycles. The topological polar surface area (TPSA) is 87.6 Å². The van der Waals surface area contributed by atoms with E-state index >= 15 is 0 Å². The van der Waals surface area contributed by atoms with Gasteiger partial charge in [0.1, 0.15) is 15.1 Å². The van der Waals surface area contributed by atoms with Crippen molar-refractivity contribution >= 4 is 34.5 Å². The SMILES string of the molecule is Cc1nc(I)c(O)c(NC2CCN(C(=O)OC(C)(C)C)CC2)n1. The van der Waals surface area contributed by atoms with Gasteiger partial charge >= 0.3 is 6.09 Å². The van der Waals surface area contributed by atoms with Crippen LogP contribution in [0.4, 0.5) is 10.6 Å². The molecule has 1 fully saturated rings. The normalized spacial score (nSPS) is 16.3. The number of aromatic nitrogens is 2. The van der Waals surface area contributed by atoms with E-state index in [0.717, 1.165) is 12.8 Å². The van der Waals surface area contributed by atoms with E-state index in [2.05, 4.69) is 15.3 Å². The van der Waals surface area contributed by atoms with Crippen molar-refractivity contribution < 1.29 is 14.6 Å². The van der Waals surface area contributed by atoms with Crippen LogP contribution in [0.2, 0.25) is 0 Å². The summed E-state index contributed by atoms with van der Waals surface area (Å²) in [4.78, 5) is 22.1. The van der Waals surface area contributed by atoms with E-state index in [9.17, 15) is 9.90 Å². The van der Waals surface area contributed by atoms with Gasteiger partial charge in [-0.2, -0.15) is 0 Å². The van der Waals surface area contributed by atoms with Gasteiger partial charge in [0.2, 0.25) is 0 Å². The molecular weight excluding hydrogens is 411 g/mol. The number of carbonyl (C=O) groups is 1. The number of anilines is 1. The molecule has 1 aromatic rings. The molecule has 0 unspecified atom stereocenters. The van der Waals surface area contributed by atoms with Crippen molar-refractivity contribution in [2.24, 2.45) is 0 Å². The largest absolute Gasteiger partial charge is 0.502 e. The summed E-state index contributed by atoms with van der Waals surface area (Å²) < 4.78 is 5.92. The Morgan fingerprint density at radius 2 is 1.96 bits per heavy atom. The van der Waals surface area contributed by atoms with Crippen molar-refractivity contribution in [2.45, 2.75) is 52.2 Å². The monoisotopic (exact) mass is 434 g/mol. The summed E-state index contributed by atoms with van der Waals surface area (Å²) in [6, 6.07) is 0.157. The highest BCUT2D eigenvalue weighted by atomic mass is 127. The number of rotatable bonds is 2. The molecule has 1 saturated heterocycles. The van der Waals surface area contributed by atoms with Gasteiger partial charge in [-0.25, -0.2) is 14.8 Å². The Balaban J connectivity index is 1.92. The van der Waals surface area contributed by atoms with Crippen molar-refractivity contribution in [1.82, 2.24) is 14.9 Å². The molecule has 128 valence electrons. The van der Waals surface area contributed by atoms with Crippen LogP contribution < -0.4 is 5.32 Å². The predicted octanol–water partition coefficient (Wildman–Crippen LogP) is 2.91. The van der Waals surface area contributed by atoms with E-state index in [0.29, 0.717) is 28.4 Å². The number of ether oxygens (including phenoxy) is 1. The number of aromatic hydroxyl groups is 1. The second kappa shape index (κ2) is 7.06. The van der Waals surface area contributed by atoms with E-state index in [1.807, 2.05) is 43.4 Å². The standard InChI is InChI=1S/C15H23IN4O3/c1-9-17-12(16)11(21)13(18-9)19-10-5-7-20(8-6-10)14(22)23-15(2,3)4/h10,21H,5-8H2,1-4H3,(H,17,18,19). The van der Waals surface area contributed by atoms with Gasteiger partial charge in [-0.1, -0.05) is 0 Å². The van der Waals surface area contributed by atoms with Gasteiger partial charge in [0.05, 0.1) is 0 Å². The molecule has 0 saturated carbocycles. The first kappa shape index (κ1) is 18.0. The van der Waals surface area contributed by atoms with E-state index in [1.54, 1.807) is 11.8 Å². The predicted molar refractivity (Wildman–Crippen MR) is 95.6 cm³/mol. The lowest BCUT2D eigenvalue weighted by Gasteiger charge is -2.34. The van der Waals surface area contributed by atoms with Crippen LogP contribution in [0.1, 0.15) is 39.4 Å². The summed E-state index contributed by atoms with van der Waals surface area (Å²) in [6.07, 6.45) is 1.28. The van der Waals surface area contributed by atoms with E-state index in [4.69, 9.17) is 4.74 Å². The van der Waals surface area contributed by atoms with Crippen molar-refractivity contribution in [1.29, 1.82) is 0 Å². The minimum atomic E-state index is -0.479. The Labute approximate surface area is 150 Å². The smallest absolute Gasteiger partial charge is 0.410 e. The number of piperidine rings is 1. The van der Waals surface area contributed by atoms with Crippen molar-refractivity contribution in [3.63, 3.8) is 0 Å². The van der Waals surface area contributed by atoms with Crippen LogP contribution in [-0.4, -0.2) is 50.8 Å². The molecule has 0 aromatic carbocycles. The molecule has 1 amide bonds. The minimum Gasteiger partial charge on any atom is -0.502 e. The zero-order valence-corrected chi connectivity index (χ0v) is 16.0. The number of nitrogens with zero attached hydrogens (tertiary/aromatic N) is 3. The Bertz CT molecular complexity index is 581. The summed E-state index contributed by atoms with van der Waals surface area (Å²) in [5.41, 5.74) is -0.479. The van der Waals surface area contributed by atoms with Gasteiger partial charge < -0.3 is 20.1 Å². The fourth-order valence-corrected chi connectivity index (χ4v) is 2.96. The Morgan fingerprint density at radius 1 is 1.35 bits per heavy atom. The molecule has 2 heterocycles. The molecule has 0 spiro atoms. The van der Waals surface area contributed by atoms with Crippen LogP contribution in [0.5, 0.6) is 5.75 Å². The molecular formula is C15H23IN4O3. The maximum absolute atomic E-state index is 12.0. The number of hydrogen-bond acceptors (Lipinski definition) is 6. The number of likely N-dealkylation sites (tertiary alicyclic amines) is 1. The maximum Gasteiger partial charge on any atom is 0.410 e. The number of carbonyl (C=O) groups excluding carboxylic acids is 1. The average Bonchev–Trinajstić information content (AvgIpc) is 2.43. The highest BCUT2D eigenvalue weighted by Gasteiger charge is 2.27. The van der Waals surface area contributed by atoms with Crippen LogP contribution in [0.15, 0.2) is 0 Å². The summed E-state index contributed by atoms with van der Waals surface area (Å²) >= 11 is 1.98. The third-order valence-corrected chi connectivity index (χ3v) is 4.19. The lowest BCUT2D eigenvalue weighted by Crippen LogP contribution is -2.44. The van der Waals surface area contributed by atoms with E-state index in [1.165, 1.54) is 0 Å². The maximum atomic E-state index is 12.0. The summed E-state index contributed by atoms with van der Waals surface area (Å²) in [5, 5.41) is 13.3. The summed E-state index contributed by atoms with van der Waals surface area (Å²) in [7, 11) is 0. The fourth-order valence-electron chi connectivity index (χ4n) is 2.36. The average molecular weight is 434 g/mol. The van der Waals surface area contributed by atoms with Gasteiger partial charge in [-0.3, -0.25) is 0 Å². The molecule has 1 aliphatic rings. The third-order valence-electron chi connectivity index (χ3n) is 3.44. The summed E-state index contributed by atoms with van der Waals surface area (Å²) in [5.74, 6) is 1.14. The van der Waals surface area contributed by atoms with Gasteiger partial charge in [0, 0.05) is 19.1 Å². The highest BCUT2D eigenvalue weighted by Crippen LogP contribution is 2.27. The number of hydrogen-bond donors (Lipinski definition) is 2. The van der Waals surface area contributed by atoms with E-state index in [-0.39, 0.29) is 17.9 Å². The van der Waals surface area contributed by atoms with Crippen LogP contribution in [0.25, 0.3) is 0 Å². The van der Waals surface area contributed by atoms with Crippen molar-refractivity contribution in [2.75, 3.05) is 18.4 Å². The van der Waals surface area contributed by atoms with Gasteiger partial charge in [0.15, 0.2) is 11.6 Å². The van der Waals surface area contributed by atoms with Crippen LogP contribution in [-0.2, 0) is 4.74 Å². The van der Waals surface area contributed by atoms with Crippen LogP contribution in [0, 0.1) is 10.6 Å². The molecule has 1 aliphatic heterocycles. The zero-order valence-electron chi connectivity index (χ0n) is 13.9. The Hall–Kier alpha value is -1.32. The molecule has 0 atom stereocenters. The quantitative estimate of drug-likeness (QED) is 0.550. The number of amides is 1. The van der Waals surface area contributed by atoms with Gasteiger partial charge in [-0.15, -0.1) is 0 Å².